The van der Waals surface area contributed by atoms with Crippen LogP contribution < -0.4 is 0 Å². The lowest BCUT2D eigenvalue weighted by Gasteiger charge is -2.31. The molecule has 0 radical (unpaired) electrons. The number of ether oxygens (including phenoxy) is 4. The van der Waals surface area contributed by atoms with Gasteiger partial charge in [-0.2, -0.15) is 0 Å². The molecule has 7 nitrogen and oxygen atoms in total. The van der Waals surface area contributed by atoms with Crippen molar-refractivity contribution in [2.75, 3.05) is 19.8 Å². The van der Waals surface area contributed by atoms with Gasteiger partial charge >= 0.3 is 18.1 Å². The molecule has 0 saturated carbocycles. The van der Waals surface area contributed by atoms with Gasteiger partial charge in [0.05, 0.1) is 19.8 Å². The molecule has 0 aromatic heterocycles. The van der Waals surface area contributed by atoms with Gasteiger partial charge in [-0.25, -0.2) is 4.79 Å². The second kappa shape index (κ2) is 10.3. The van der Waals surface area contributed by atoms with Crippen LogP contribution in [0.4, 0.5) is 4.79 Å². The topological polar surface area (TPSA) is 88.1 Å². The lowest BCUT2D eigenvalue weighted by Crippen LogP contribution is -2.49. The van der Waals surface area contributed by atoms with Crippen LogP contribution in [-0.2, 0) is 34.0 Å². The number of hydrogen-bond donors (Lipinski definition) is 0. The van der Waals surface area contributed by atoms with Crippen molar-refractivity contribution in [1.82, 2.24) is 0 Å². The summed E-state index contributed by atoms with van der Waals surface area (Å²) >= 11 is 0. The Labute approximate surface area is 193 Å². The molecule has 0 bridgehead atoms. The molecule has 1 atom stereocenters. The molecule has 0 N–H and O–H groups in total. The Kier molecular flexibility index (Phi) is 7.53. The van der Waals surface area contributed by atoms with E-state index in [1.54, 1.807) is 39.8 Å². The molecule has 1 aliphatic carbocycles. The van der Waals surface area contributed by atoms with Crippen LogP contribution in [0.5, 0.6) is 0 Å². The Balaban J connectivity index is 2.39. The van der Waals surface area contributed by atoms with Crippen molar-refractivity contribution in [3.05, 3.63) is 76.9 Å². The minimum atomic E-state index is -1.93. The van der Waals surface area contributed by atoms with E-state index in [9.17, 15) is 14.4 Å². The fraction of sp³-hybridized carbons (Fsp3) is 0.346. The standard InChI is InChI=1S/C26H28O7/c1-5-30-23(27)26(24(28)31-6-2)20-16-12-11-15-19(20)21(18-13-9-8-10-14-18)22(26)17(4)33-25(29)32-7-3/h8-17H,5-7H2,1-4H3. The van der Waals surface area contributed by atoms with E-state index in [1.165, 1.54) is 0 Å². The largest absolute Gasteiger partial charge is 0.508 e. The maximum absolute atomic E-state index is 13.6. The van der Waals surface area contributed by atoms with Crippen LogP contribution in [0.15, 0.2) is 60.2 Å². The van der Waals surface area contributed by atoms with E-state index in [0.717, 1.165) is 5.56 Å². The molecule has 0 aliphatic heterocycles. The van der Waals surface area contributed by atoms with Gasteiger partial charge in [0, 0.05) is 5.57 Å². The molecule has 2 aromatic carbocycles. The smallest absolute Gasteiger partial charge is 0.465 e. The highest BCUT2D eigenvalue weighted by Gasteiger charge is 2.61. The number of rotatable bonds is 8. The predicted molar refractivity (Wildman–Crippen MR) is 121 cm³/mol. The molecular formula is C26H28O7. The quantitative estimate of drug-likeness (QED) is 0.333. The van der Waals surface area contributed by atoms with Gasteiger partial charge in [0.1, 0.15) is 6.10 Å². The Hall–Kier alpha value is -3.61. The summed E-state index contributed by atoms with van der Waals surface area (Å²) in [4.78, 5) is 39.5. The minimum Gasteiger partial charge on any atom is -0.465 e. The number of esters is 2. The number of fused-ring (bicyclic) bond motifs is 1. The first-order valence-corrected chi connectivity index (χ1v) is 11.0. The average Bonchev–Trinajstić information content (AvgIpc) is 3.12. The molecule has 7 heteroatoms. The molecule has 33 heavy (non-hydrogen) atoms. The fourth-order valence-corrected chi connectivity index (χ4v) is 4.29. The summed E-state index contributed by atoms with van der Waals surface area (Å²) in [5.74, 6) is -1.56. The van der Waals surface area contributed by atoms with E-state index in [4.69, 9.17) is 18.9 Å². The lowest BCUT2D eigenvalue weighted by molar-refractivity contribution is -0.163. The van der Waals surface area contributed by atoms with Crippen LogP contribution in [0.1, 0.15) is 44.4 Å². The third-order valence-electron chi connectivity index (χ3n) is 5.44. The molecule has 1 aliphatic rings. The van der Waals surface area contributed by atoms with Crippen molar-refractivity contribution >= 4 is 23.7 Å². The molecule has 174 valence electrons. The zero-order valence-corrected chi connectivity index (χ0v) is 19.3. The third-order valence-corrected chi connectivity index (χ3v) is 5.44. The zero-order chi connectivity index (χ0) is 24.0. The van der Waals surface area contributed by atoms with Crippen molar-refractivity contribution in [3.63, 3.8) is 0 Å². The number of carbonyl (C=O) groups is 3. The van der Waals surface area contributed by atoms with E-state index >= 15 is 0 Å². The fourth-order valence-electron chi connectivity index (χ4n) is 4.29. The molecule has 0 saturated heterocycles. The first kappa shape index (κ1) is 24.0. The highest BCUT2D eigenvalue weighted by molar-refractivity contribution is 6.16. The van der Waals surface area contributed by atoms with E-state index in [-0.39, 0.29) is 25.4 Å². The summed E-state index contributed by atoms with van der Waals surface area (Å²) in [6.45, 7) is 6.83. The molecule has 1 unspecified atom stereocenters. The Morgan fingerprint density at radius 3 is 1.91 bits per heavy atom. The monoisotopic (exact) mass is 452 g/mol. The first-order valence-electron chi connectivity index (χ1n) is 11.0. The number of carbonyl (C=O) groups excluding carboxylic acids is 3. The summed E-state index contributed by atoms with van der Waals surface area (Å²) < 4.78 is 21.3. The van der Waals surface area contributed by atoms with E-state index < -0.39 is 29.6 Å². The van der Waals surface area contributed by atoms with Gasteiger partial charge in [-0.05, 0) is 50.0 Å². The first-order chi connectivity index (χ1) is 15.9. The Morgan fingerprint density at radius 2 is 1.33 bits per heavy atom. The Morgan fingerprint density at radius 1 is 0.788 bits per heavy atom. The highest BCUT2D eigenvalue weighted by Crippen LogP contribution is 2.52. The molecule has 2 aromatic rings. The van der Waals surface area contributed by atoms with E-state index in [0.29, 0.717) is 16.7 Å². The second-order valence-electron chi connectivity index (χ2n) is 7.33. The van der Waals surface area contributed by atoms with Gasteiger partial charge in [-0.15, -0.1) is 0 Å². The number of hydrogen-bond acceptors (Lipinski definition) is 7. The number of benzene rings is 2. The van der Waals surface area contributed by atoms with Crippen molar-refractivity contribution < 1.29 is 33.3 Å². The molecule has 3 rings (SSSR count). The Bertz CT molecular complexity index is 1040. The van der Waals surface area contributed by atoms with Crippen molar-refractivity contribution in [1.29, 1.82) is 0 Å². The van der Waals surface area contributed by atoms with Crippen LogP contribution in [-0.4, -0.2) is 44.0 Å². The molecule has 0 heterocycles. The van der Waals surface area contributed by atoms with Gasteiger partial charge in [-0.1, -0.05) is 54.6 Å². The zero-order valence-electron chi connectivity index (χ0n) is 19.3. The molecule has 0 spiro atoms. The average molecular weight is 453 g/mol. The summed E-state index contributed by atoms with van der Waals surface area (Å²) in [7, 11) is 0. The second-order valence-corrected chi connectivity index (χ2v) is 7.33. The van der Waals surface area contributed by atoms with Gasteiger partial charge in [-0.3, -0.25) is 9.59 Å². The van der Waals surface area contributed by atoms with E-state index in [1.807, 2.05) is 42.5 Å². The van der Waals surface area contributed by atoms with E-state index in [2.05, 4.69) is 0 Å². The summed E-state index contributed by atoms with van der Waals surface area (Å²) in [6, 6.07) is 16.4. The van der Waals surface area contributed by atoms with Crippen molar-refractivity contribution in [2.45, 2.75) is 39.2 Å². The summed E-state index contributed by atoms with van der Waals surface area (Å²) in [5.41, 5.74) is 0.813. The van der Waals surface area contributed by atoms with Gasteiger partial charge in [0.15, 0.2) is 0 Å². The van der Waals surface area contributed by atoms with Crippen molar-refractivity contribution in [2.24, 2.45) is 0 Å². The van der Waals surface area contributed by atoms with Crippen LogP contribution >= 0.6 is 0 Å². The van der Waals surface area contributed by atoms with Crippen molar-refractivity contribution in [3.8, 4) is 0 Å². The van der Waals surface area contributed by atoms with Gasteiger partial charge < -0.3 is 18.9 Å². The van der Waals surface area contributed by atoms with Crippen LogP contribution in [0.3, 0.4) is 0 Å². The summed E-state index contributed by atoms with van der Waals surface area (Å²) in [6.07, 6.45) is -1.90. The molecule has 0 fully saturated rings. The SMILES string of the molecule is CCOC(=O)OC(C)C1=C(c2ccccc2)c2ccccc2C1(C(=O)OCC)C(=O)OCC. The summed E-state index contributed by atoms with van der Waals surface area (Å²) in [5, 5.41) is 0. The maximum atomic E-state index is 13.6. The third kappa shape index (κ3) is 4.23. The minimum absolute atomic E-state index is 0.0588. The normalized spacial score (nSPS) is 14.8. The highest BCUT2D eigenvalue weighted by atomic mass is 16.7. The van der Waals surface area contributed by atoms with Gasteiger partial charge in [0.2, 0.25) is 5.41 Å². The van der Waals surface area contributed by atoms with Gasteiger partial charge in [0.25, 0.3) is 0 Å². The molecule has 0 amide bonds. The lowest BCUT2D eigenvalue weighted by atomic mass is 9.74. The maximum Gasteiger partial charge on any atom is 0.508 e. The molecular weight excluding hydrogens is 424 g/mol. The predicted octanol–water partition coefficient (Wildman–Crippen LogP) is 4.43. The van der Waals surface area contributed by atoms with Crippen LogP contribution in [0, 0.1) is 0 Å². The van der Waals surface area contributed by atoms with Crippen LogP contribution in [0.2, 0.25) is 0 Å². The van der Waals surface area contributed by atoms with Crippen LogP contribution in [0.25, 0.3) is 5.57 Å².